The Morgan fingerprint density at radius 2 is 2.08 bits per heavy atom. The van der Waals surface area contributed by atoms with E-state index in [0.29, 0.717) is 13.2 Å². The molecule has 2 rings (SSSR count). The summed E-state index contributed by atoms with van der Waals surface area (Å²) in [7, 11) is 1.79. The average molecular weight is 333 g/mol. The molecule has 0 aliphatic carbocycles. The monoisotopic (exact) mass is 333 g/mol. The number of ether oxygens (including phenoxy) is 2. The van der Waals surface area contributed by atoms with Crippen LogP contribution in [0.15, 0.2) is 35.3 Å². The van der Waals surface area contributed by atoms with Crippen LogP contribution in [0.25, 0.3) is 0 Å². The minimum absolute atomic E-state index is 0.0369. The quantitative estimate of drug-likeness (QED) is 0.435. The maximum Gasteiger partial charge on any atom is 0.191 e. The van der Waals surface area contributed by atoms with Gasteiger partial charge in [0.1, 0.15) is 0 Å². The van der Waals surface area contributed by atoms with Crippen molar-refractivity contribution in [1.82, 2.24) is 10.6 Å². The molecule has 1 atom stereocenters. The minimum atomic E-state index is 0.0369. The summed E-state index contributed by atoms with van der Waals surface area (Å²) in [6.07, 6.45) is 2.56. The summed E-state index contributed by atoms with van der Waals surface area (Å²) >= 11 is 0. The van der Waals surface area contributed by atoms with Crippen LogP contribution >= 0.6 is 0 Å². The third kappa shape index (κ3) is 6.13. The largest absolute Gasteiger partial charge is 0.377 e. The molecule has 24 heavy (non-hydrogen) atoms. The molecule has 1 aliphatic heterocycles. The van der Waals surface area contributed by atoms with Crippen LogP contribution in [0.4, 0.5) is 0 Å². The van der Waals surface area contributed by atoms with Crippen molar-refractivity contribution < 1.29 is 9.47 Å². The third-order valence-electron chi connectivity index (χ3n) is 4.34. The van der Waals surface area contributed by atoms with E-state index in [1.54, 1.807) is 7.05 Å². The van der Waals surface area contributed by atoms with Crippen molar-refractivity contribution in [3.05, 3.63) is 35.9 Å². The molecule has 1 aromatic carbocycles. The summed E-state index contributed by atoms with van der Waals surface area (Å²) < 4.78 is 11.2. The molecular weight excluding hydrogens is 302 g/mol. The lowest BCUT2D eigenvalue weighted by molar-refractivity contribution is 0.0191. The van der Waals surface area contributed by atoms with Gasteiger partial charge in [0.05, 0.1) is 19.3 Å². The summed E-state index contributed by atoms with van der Waals surface area (Å²) in [5.74, 6) is 0.805. The molecule has 1 saturated heterocycles. The Morgan fingerprint density at radius 1 is 1.29 bits per heavy atom. The fourth-order valence-corrected chi connectivity index (χ4v) is 2.75. The first-order valence-electron chi connectivity index (χ1n) is 8.81. The Hall–Kier alpha value is -1.59. The van der Waals surface area contributed by atoms with E-state index < -0.39 is 0 Å². The van der Waals surface area contributed by atoms with Crippen LogP contribution in [0, 0.1) is 0 Å². The van der Waals surface area contributed by atoms with Gasteiger partial charge in [-0.05, 0) is 18.4 Å². The molecule has 0 amide bonds. The zero-order valence-corrected chi connectivity index (χ0v) is 15.2. The second kappa shape index (κ2) is 9.64. The van der Waals surface area contributed by atoms with E-state index in [0.717, 1.165) is 38.5 Å². The lowest BCUT2D eigenvalue weighted by atomic mass is 9.85. The van der Waals surface area contributed by atoms with Crippen LogP contribution < -0.4 is 10.6 Å². The smallest absolute Gasteiger partial charge is 0.191 e. The Morgan fingerprint density at radius 3 is 2.75 bits per heavy atom. The van der Waals surface area contributed by atoms with Gasteiger partial charge >= 0.3 is 0 Å². The highest BCUT2D eigenvalue weighted by molar-refractivity contribution is 5.79. The molecule has 0 saturated carbocycles. The lowest BCUT2D eigenvalue weighted by Crippen LogP contribution is -2.44. The van der Waals surface area contributed by atoms with E-state index in [1.165, 1.54) is 5.56 Å². The van der Waals surface area contributed by atoms with E-state index in [-0.39, 0.29) is 11.5 Å². The topological polar surface area (TPSA) is 54.9 Å². The zero-order chi connectivity index (χ0) is 17.3. The van der Waals surface area contributed by atoms with E-state index in [1.807, 2.05) is 6.07 Å². The minimum Gasteiger partial charge on any atom is -0.377 e. The second-order valence-corrected chi connectivity index (χ2v) is 6.81. The Labute approximate surface area is 145 Å². The Bertz CT molecular complexity index is 497. The number of benzene rings is 1. The van der Waals surface area contributed by atoms with Gasteiger partial charge in [0.2, 0.25) is 0 Å². The van der Waals surface area contributed by atoms with E-state index >= 15 is 0 Å². The fraction of sp³-hybridized carbons (Fsp3) is 0.632. The first-order chi connectivity index (χ1) is 11.6. The Kier molecular flexibility index (Phi) is 7.53. The van der Waals surface area contributed by atoms with Gasteiger partial charge in [-0.15, -0.1) is 0 Å². The van der Waals surface area contributed by atoms with Gasteiger partial charge in [-0.25, -0.2) is 0 Å². The number of rotatable bonds is 8. The number of nitrogens with one attached hydrogen (secondary N) is 2. The molecule has 2 N–H and O–H groups in total. The number of nitrogens with zero attached hydrogens (tertiary/aromatic N) is 1. The summed E-state index contributed by atoms with van der Waals surface area (Å²) in [6, 6.07) is 10.5. The van der Waals surface area contributed by atoms with E-state index in [4.69, 9.17) is 9.47 Å². The van der Waals surface area contributed by atoms with Gasteiger partial charge in [0.15, 0.2) is 5.96 Å². The highest BCUT2D eigenvalue weighted by Gasteiger charge is 2.20. The van der Waals surface area contributed by atoms with Crippen molar-refractivity contribution in [3.63, 3.8) is 0 Å². The van der Waals surface area contributed by atoms with Crippen LogP contribution in [0.1, 0.15) is 32.3 Å². The molecule has 1 heterocycles. The van der Waals surface area contributed by atoms with Crippen molar-refractivity contribution >= 4 is 5.96 Å². The summed E-state index contributed by atoms with van der Waals surface area (Å²) in [6.45, 7) is 8.23. The van der Waals surface area contributed by atoms with Crippen LogP contribution in [0.2, 0.25) is 0 Å². The highest BCUT2D eigenvalue weighted by atomic mass is 16.5. The normalized spacial score (nSPS) is 18.6. The standard InChI is InChI=1S/C19H31N3O2/c1-19(2,16-8-5-4-6-9-16)15-22-18(20-3)21-11-13-23-14-17-10-7-12-24-17/h4-6,8-9,17H,7,10-15H2,1-3H3,(H2,20,21,22). The van der Waals surface area contributed by atoms with Gasteiger partial charge in [-0.1, -0.05) is 44.2 Å². The fourth-order valence-electron chi connectivity index (χ4n) is 2.75. The van der Waals surface area contributed by atoms with Crippen molar-refractivity contribution in [3.8, 4) is 0 Å². The number of hydrogen-bond donors (Lipinski definition) is 2. The maximum absolute atomic E-state index is 5.66. The Balaban J connectivity index is 1.64. The van der Waals surface area contributed by atoms with Crippen molar-refractivity contribution in [2.24, 2.45) is 4.99 Å². The van der Waals surface area contributed by atoms with Crippen LogP contribution in [0.3, 0.4) is 0 Å². The average Bonchev–Trinajstić information content (AvgIpc) is 3.11. The van der Waals surface area contributed by atoms with Gasteiger partial charge in [-0.3, -0.25) is 4.99 Å². The molecule has 0 spiro atoms. The molecule has 5 nitrogen and oxygen atoms in total. The van der Waals surface area contributed by atoms with Gasteiger partial charge in [0.25, 0.3) is 0 Å². The molecule has 0 aromatic heterocycles. The highest BCUT2D eigenvalue weighted by Crippen LogP contribution is 2.21. The summed E-state index contributed by atoms with van der Waals surface area (Å²) in [5.41, 5.74) is 1.35. The summed E-state index contributed by atoms with van der Waals surface area (Å²) in [4.78, 5) is 4.27. The molecule has 1 unspecified atom stereocenters. The van der Waals surface area contributed by atoms with Crippen LogP contribution in [-0.2, 0) is 14.9 Å². The molecule has 1 fully saturated rings. The van der Waals surface area contributed by atoms with E-state index in [9.17, 15) is 0 Å². The van der Waals surface area contributed by atoms with Gasteiger partial charge < -0.3 is 20.1 Å². The van der Waals surface area contributed by atoms with Crippen molar-refractivity contribution in [2.75, 3.05) is 40.0 Å². The third-order valence-corrected chi connectivity index (χ3v) is 4.34. The van der Waals surface area contributed by atoms with Crippen molar-refractivity contribution in [2.45, 2.75) is 38.2 Å². The lowest BCUT2D eigenvalue weighted by Gasteiger charge is -2.26. The summed E-state index contributed by atoms with van der Waals surface area (Å²) in [5, 5.41) is 6.69. The van der Waals surface area contributed by atoms with Gasteiger partial charge in [-0.2, -0.15) is 0 Å². The van der Waals surface area contributed by atoms with Gasteiger partial charge in [0, 0.05) is 32.2 Å². The number of hydrogen-bond acceptors (Lipinski definition) is 3. The molecule has 0 radical (unpaired) electrons. The van der Waals surface area contributed by atoms with Crippen LogP contribution in [0.5, 0.6) is 0 Å². The first-order valence-corrected chi connectivity index (χ1v) is 8.81. The first kappa shape index (κ1) is 18.7. The number of aliphatic imine (C=N–C) groups is 1. The zero-order valence-electron chi connectivity index (χ0n) is 15.2. The number of guanidine groups is 1. The molecule has 1 aromatic rings. The maximum atomic E-state index is 5.66. The molecule has 1 aliphatic rings. The van der Waals surface area contributed by atoms with Crippen molar-refractivity contribution in [1.29, 1.82) is 0 Å². The molecule has 134 valence electrons. The SMILES string of the molecule is CN=C(NCCOCC1CCCO1)NCC(C)(C)c1ccccc1. The predicted octanol–water partition coefficient (Wildman–Crippen LogP) is 2.32. The predicted molar refractivity (Wildman–Crippen MR) is 98.6 cm³/mol. The molecule has 5 heteroatoms. The van der Waals surface area contributed by atoms with E-state index in [2.05, 4.69) is 53.7 Å². The molecule has 0 bridgehead atoms. The molecular formula is C19H31N3O2. The van der Waals surface area contributed by atoms with Crippen LogP contribution in [-0.4, -0.2) is 52.0 Å². The second-order valence-electron chi connectivity index (χ2n) is 6.81.